The van der Waals surface area contributed by atoms with Crippen LogP contribution < -0.4 is 14.2 Å². The van der Waals surface area contributed by atoms with Gasteiger partial charge in [-0.3, -0.25) is 9.78 Å². The van der Waals surface area contributed by atoms with Gasteiger partial charge in [-0.1, -0.05) is 24.3 Å². The van der Waals surface area contributed by atoms with E-state index in [1.54, 1.807) is 18.3 Å². The SMILES string of the molecule is CS(=O)(=O)c1cccnc1CC1=C2C=CC=CC2C2(COc3cc4c(cc32)OCCO4)C1=O. The smallest absolute Gasteiger partial charge is 0.177 e. The summed E-state index contributed by atoms with van der Waals surface area (Å²) in [7, 11) is -3.49. The van der Waals surface area contributed by atoms with Crippen molar-refractivity contribution in [2.45, 2.75) is 16.7 Å². The molecule has 2 atom stereocenters. The van der Waals surface area contributed by atoms with Gasteiger partial charge in [-0.2, -0.15) is 0 Å². The number of Topliss-reactive ketones (excluding diaryl/α,β-unsaturated/α-hetero) is 1. The first-order chi connectivity index (χ1) is 15.9. The minimum Gasteiger partial charge on any atom is -0.492 e. The third kappa shape index (κ3) is 2.90. The first kappa shape index (κ1) is 20.2. The highest BCUT2D eigenvalue weighted by Gasteiger charge is 2.59. The lowest BCUT2D eigenvalue weighted by Gasteiger charge is -2.29. The van der Waals surface area contributed by atoms with Crippen LogP contribution in [0.2, 0.25) is 0 Å². The molecule has 1 aromatic heterocycles. The van der Waals surface area contributed by atoms with Crippen LogP contribution in [0.25, 0.3) is 0 Å². The Morgan fingerprint density at radius 1 is 1.09 bits per heavy atom. The Balaban J connectivity index is 1.48. The lowest BCUT2D eigenvalue weighted by molar-refractivity contribution is -0.121. The van der Waals surface area contributed by atoms with E-state index in [-0.39, 0.29) is 29.6 Å². The minimum absolute atomic E-state index is 0.0702. The Morgan fingerprint density at radius 2 is 1.88 bits per heavy atom. The normalized spacial score (nSPS) is 24.8. The van der Waals surface area contributed by atoms with Crippen molar-refractivity contribution in [2.75, 3.05) is 26.1 Å². The van der Waals surface area contributed by atoms with Gasteiger partial charge >= 0.3 is 0 Å². The number of rotatable bonds is 3. The average Bonchev–Trinajstić information content (AvgIpc) is 3.29. The summed E-state index contributed by atoms with van der Waals surface area (Å²) in [5.74, 6) is 1.54. The van der Waals surface area contributed by atoms with Gasteiger partial charge in [-0.05, 0) is 23.8 Å². The molecule has 0 amide bonds. The molecular weight excluding hydrogens is 442 g/mol. The highest BCUT2D eigenvalue weighted by atomic mass is 32.2. The summed E-state index contributed by atoms with van der Waals surface area (Å²) in [5.41, 5.74) is 1.65. The zero-order chi connectivity index (χ0) is 22.8. The van der Waals surface area contributed by atoms with Crippen LogP contribution in [-0.4, -0.2) is 45.3 Å². The number of ketones is 1. The van der Waals surface area contributed by atoms with Gasteiger partial charge < -0.3 is 14.2 Å². The zero-order valence-corrected chi connectivity index (χ0v) is 18.7. The summed E-state index contributed by atoms with van der Waals surface area (Å²) < 4.78 is 42.2. The first-order valence-corrected chi connectivity index (χ1v) is 12.6. The molecular formula is C25H21NO6S. The molecule has 1 aromatic carbocycles. The molecule has 4 aliphatic rings. The third-order valence-corrected chi connectivity index (χ3v) is 7.93. The molecule has 2 aliphatic heterocycles. The van der Waals surface area contributed by atoms with E-state index in [1.165, 1.54) is 6.07 Å². The molecule has 2 aromatic rings. The van der Waals surface area contributed by atoms with Gasteiger partial charge in [0.1, 0.15) is 31.0 Å². The molecule has 33 heavy (non-hydrogen) atoms. The maximum absolute atomic E-state index is 14.1. The first-order valence-electron chi connectivity index (χ1n) is 10.7. The Labute approximate surface area is 191 Å². The highest BCUT2D eigenvalue weighted by molar-refractivity contribution is 7.90. The number of ether oxygens (including phenoxy) is 3. The maximum atomic E-state index is 14.1. The number of pyridine rings is 1. The number of benzene rings is 1. The number of carbonyl (C=O) groups is 1. The summed E-state index contributed by atoms with van der Waals surface area (Å²) in [6.07, 6.45) is 10.6. The molecule has 0 fully saturated rings. The quantitative estimate of drug-likeness (QED) is 0.691. The van der Waals surface area contributed by atoms with Crippen molar-refractivity contribution in [1.29, 1.82) is 0 Å². The van der Waals surface area contributed by atoms with E-state index in [0.29, 0.717) is 41.7 Å². The number of carbonyl (C=O) groups excluding carboxylic acids is 1. The molecule has 0 bridgehead atoms. The summed E-state index contributed by atoms with van der Waals surface area (Å²) in [5, 5.41) is 0. The molecule has 3 heterocycles. The van der Waals surface area contributed by atoms with Gasteiger partial charge in [0.05, 0.1) is 10.6 Å². The zero-order valence-electron chi connectivity index (χ0n) is 17.9. The molecule has 1 spiro atoms. The van der Waals surface area contributed by atoms with Gasteiger partial charge in [0, 0.05) is 42.0 Å². The second-order valence-electron chi connectivity index (χ2n) is 8.63. The second-order valence-corrected chi connectivity index (χ2v) is 10.6. The van der Waals surface area contributed by atoms with Crippen molar-refractivity contribution >= 4 is 15.6 Å². The van der Waals surface area contributed by atoms with Crippen molar-refractivity contribution in [3.8, 4) is 17.2 Å². The van der Waals surface area contributed by atoms with Gasteiger partial charge in [-0.25, -0.2) is 8.42 Å². The van der Waals surface area contributed by atoms with Crippen LogP contribution in [0.3, 0.4) is 0 Å². The Morgan fingerprint density at radius 3 is 2.67 bits per heavy atom. The summed E-state index contributed by atoms with van der Waals surface area (Å²) in [6, 6.07) is 6.79. The average molecular weight is 464 g/mol. The van der Waals surface area contributed by atoms with Crippen molar-refractivity contribution in [2.24, 2.45) is 5.92 Å². The van der Waals surface area contributed by atoms with Crippen molar-refractivity contribution in [1.82, 2.24) is 4.98 Å². The van der Waals surface area contributed by atoms with Crippen LogP contribution in [0.5, 0.6) is 17.2 Å². The molecule has 0 saturated heterocycles. The van der Waals surface area contributed by atoms with E-state index in [1.807, 2.05) is 30.4 Å². The topological polar surface area (TPSA) is 91.8 Å². The molecule has 2 aliphatic carbocycles. The number of allylic oxidation sites excluding steroid dienone is 6. The van der Waals surface area contributed by atoms with E-state index >= 15 is 0 Å². The third-order valence-electron chi connectivity index (χ3n) is 6.76. The number of sulfone groups is 1. The minimum atomic E-state index is -3.49. The second kappa shape index (κ2) is 7.05. The van der Waals surface area contributed by atoms with Crippen LogP contribution in [0.4, 0.5) is 0 Å². The van der Waals surface area contributed by atoms with Gasteiger partial charge in [0.25, 0.3) is 0 Å². The number of hydrogen-bond donors (Lipinski definition) is 0. The van der Waals surface area contributed by atoms with E-state index in [2.05, 4.69) is 4.98 Å². The van der Waals surface area contributed by atoms with Crippen molar-refractivity contribution < 1.29 is 27.4 Å². The fraction of sp³-hybridized carbons (Fsp3) is 0.280. The Bertz CT molecular complexity index is 1400. The Kier molecular flexibility index (Phi) is 4.32. The van der Waals surface area contributed by atoms with Crippen LogP contribution in [0, 0.1) is 5.92 Å². The molecule has 168 valence electrons. The fourth-order valence-corrected chi connectivity index (χ4v) is 6.18. The standard InChI is InChI=1S/C25H21NO6S/c1-33(28,29)23-7-4-8-26-19(23)11-16-15-5-2-3-6-17(15)25(24(16)27)14-32-20-13-22-21(12-18(20)25)30-9-10-31-22/h2-8,12-13,17H,9-11,14H2,1H3. The maximum Gasteiger partial charge on any atom is 0.177 e. The molecule has 0 N–H and O–H groups in total. The lowest BCUT2D eigenvalue weighted by atomic mass is 9.69. The number of hydrogen-bond acceptors (Lipinski definition) is 7. The molecule has 8 heteroatoms. The largest absolute Gasteiger partial charge is 0.492 e. The van der Waals surface area contributed by atoms with E-state index in [9.17, 15) is 13.2 Å². The van der Waals surface area contributed by atoms with Gasteiger partial charge in [-0.15, -0.1) is 0 Å². The highest BCUT2D eigenvalue weighted by Crippen LogP contribution is 2.56. The molecule has 7 nitrogen and oxygen atoms in total. The predicted octanol–water partition coefficient (Wildman–Crippen LogP) is 2.75. The molecule has 0 saturated carbocycles. The van der Waals surface area contributed by atoms with Crippen LogP contribution >= 0.6 is 0 Å². The van der Waals surface area contributed by atoms with Crippen LogP contribution in [0.15, 0.2) is 70.8 Å². The van der Waals surface area contributed by atoms with E-state index in [0.717, 1.165) is 17.4 Å². The molecule has 6 rings (SSSR count). The summed E-state index contributed by atoms with van der Waals surface area (Å²) in [6.45, 7) is 1.11. The van der Waals surface area contributed by atoms with Gasteiger partial charge in [0.15, 0.2) is 27.1 Å². The number of aromatic nitrogens is 1. The van der Waals surface area contributed by atoms with Crippen LogP contribution in [0.1, 0.15) is 11.3 Å². The Hall–Kier alpha value is -3.39. The van der Waals surface area contributed by atoms with Crippen LogP contribution in [-0.2, 0) is 26.5 Å². The number of nitrogens with zero attached hydrogens (tertiary/aromatic N) is 1. The number of fused-ring (bicyclic) bond motifs is 5. The van der Waals surface area contributed by atoms with Crippen molar-refractivity contribution in [3.05, 3.63) is 77.2 Å². The van der Waals surface area contributed by atoms with Gasteiger partial charge in [0.2, 0.25) is 0 Å². The predicted molar refractivity (Wildman–Crippen MR) is 119 cm³/mol. The summed E-state index contributed by atoms with van der Waals surface area (Å²) >= 11 is 0. The fourth-order valence-electron chi connectivity index (χ4n) is 5.30. The summed E-state index contributed by atoms with van der Waals surface area (Å²) in [4.78, 5) is 18.6. The monoisotopic (exact) mass is 463 g/mol. The van der Waals surface area contributed by atoms with E-state index in [4.69, 9.17) is 14.2 Å². The molecule has 2 unspecified atom stereocenters. The van der Waals surface area contributed by atoms with Crippen molar-refractivity contribution in [3.63, 3.8) is 0 Å². The lowest BCUT2D eigenvalue weighted by Crippen LogP contribution is -2.41. The van der Waals surface area contributed by atoms with E-state index < -0.39 is 15.3 Å². The molecule has 0 radical (unpaired) electrons.